The number of furan rings is 1. The van der Waals surface area contributed by atoms with Gasteiger partial charge in [-0.2, -0.15) is 9.90 Å². The topological polar surface area (TPSA) is 90.0 Å². The molecule has 26 heavy (non-hydrogen) atoms. The summed E-state index contributed by atoms with van der Waals surface area (Å²) in [5, 5.41) is 11.5. The molecule has 0 saturated heterocycles. The molecule has 3 rings (SSSR count). The van der Waals surface area contributed by atoms with Crippen molar-refractivity contribution in [1.29, 1.82) is 0 Å². The summed E-state index contributed by atoms with van der Waals surface area (Å²) >= 11 is 5.81. The van der Waals surface area contributed by atoms with Gasteiger partial charge in [-0.3, -0.25) is 9.59 Å². The lowest BCUT2D eigenvalue weighted by molar-refractivity contribution is -0.111. The molecule has 0 fully saturated rings. The van der Waals surface area contributed by atoms with Crippen molar-refractivity contribution in [3.05, 3.63) is 70.8 Å². The zero-order valence-electron chi connectivity index (χ0n) is 13.8. The number of hydrogen-bond donors (Lipinski definition) is 1. The SMILES string of the molecule is CC(=O)c1ccc(Cn2ncc(NC(=O)C=Cc3ccc(Cl)cc3)n2)o1. The summed E-state index contributed by atoms with van der Waals surface area (Å²) in [6, 6.07) is 10.4. The molecule has 0 atom stereocenters. The minimum absolute atomic E-state index is 0.148. The second-order valence-electron chi connectivity index (χ2n) is 5.46. The van der Waals surface area contributed by atoms with Crippen LogP contribution in [0, 0.1) is 0 Å². The smallest absolute Gasteiger partial charge is 0.249 e. The van der Waals surface area contributed by atoms with E-state index in [9.17, 15) is 9.59 Å². The van der Waals surface area contributed by atoms with E-state index in [2.05, 4.69) is 15.5 Å². The predicted octanol–water partition coefficient (Wildman–Crippen LogP) is 3.43. The third-order valence-electron chi connectivity index (χ3n) is 3.39. The van der Waals surface area contributed by atoms with Gasteiger partial charge < -0.3 is 9.73 Å². The van der Waals surface area contributed by atoms with E-state index in [1.54, 1.807) is 42.5 Å². The summed E-state index contributed by atoms with van der Waals surface area (Å²) in [4.78, 5) is 24.5. The summed E-state index contributed by atoms with van der Waals surface area (Å²) < 4.78 is 5.38. The van der Waals surface area contributed by atoms with Crippen LogP contribution in [0.1, 0.15) is 28.8 Å². The van der Waals surface area contributed by atoms with Crippen LogP contribution in [0.2, 0.25) is 5.02 Å². The Morgan fingerprint density at radius 3 is 2.69 bits per heavy atom. The van der Waals surface area contributed by atoms with Crippen molar-refractivity contribution in [2.24, 2.45) is 0 Å². The number of carbonyl (C=O) groups is 2. The molecule has 2 heterocycles. The fourth-order valence-electron chi connectivity index (χ4n) is 2.14. The minimum atomic E-state index is -0.330. The molecule has 0 saturated carbocycles. The van der Waals surface area contributed by atoms with E-state index in [1.807, 2.05) is 0 Å². The fraction of sp³-hybridized carbons (Fsp3) is 0.111. The quantitative estimate of drug-likeness (QED) is 0.530. The maximum atomic E-state index is 11.9. The molecule has 132 valence electrons. The zero-order valence-corrected chi connectivity index (χ0v) is 14.6. The number of benzene rings is 1. The first-order chi connectivity index (χ1) is 12.5. The average Bonchev–Trinajstić information content (AvgIpc) is 3.24. The molecule has 7 nitrogen and oxygen atoms in total. The Balaban J connectivity index is 1.57. The molecule has 0 aliphatic rings. The van der Waals surface area contributed by atoms with Crippen LogP contribution in [0.25, 0.3) is 6.08 Å². The van der Waals surface area contributed by atoms with Crippen molar-refractivity contribution in [2.75, 3.05) is 5.32 Å². The highest BCUT2D eigenvalue weighted by atomic mass is 35.5. The number of Topliss-reactive ketones (excluding diaryl/α,β-unsaturated/α-hetero) is 1. The van der Waals surface area contributed by atoms with E-state index in [1.165, 1.54) is 24.0 Å². The number of rotatable bonds is 6. The number of hydrogen-bond acceptors (Lipinski definition) is 5. The molecular weight excluding hydrogens is 356 g/mol. The fourth-order valence-corrected chi connectivity index (χ4v) is 2.26. The van der Waals surface area contributed by atoms with Crippen LogP contribution in [0.5, 0.6) is 0 Å². The van der Waals surface area contributed by atoms with Crippen LogP contribution in [0.3, 0.4) is 0 Å². The lowest BCUT2D eigenvalue weighted by atomic mass is 10.2. The first-order valence-corrected chi connectivity index (χ1v) is 8.12. The van der Waals surface area contributed by atoms with E-state index >= 15 is 0 Å². The summed E-state index contributed by atoms with van der Waals surface area (Å²) in [5.41, 5.74) is 0.854. The van der Waals surface area contributed by atoms with Gasteiger partial charge in [0.1, 0.15) is 12.3 Å². The number of nitrogens with zero attached hydrogens (tertiary/aromatic N) is 3. The Morgan fingerprint density at radius 1 is 1.23 bits per heavy atom. The van der Waals surface area contributed by atoms with Crippen molar-refractivity contribution < 1.29 is 14.0 Å². The molecule has 8 heteroatoms. The summed E-state index contributed by atoms with van der Waals surface area (Å²) in [6.07, 6.45) is 4.50. The molecule has 0 aliphatic heterocycles. The normalized spacial score (nSPS) is 11.0. The number of aromatic nitrogens is 3. The van der Waals surface area contributed by atoms with E-state index in [4.69, 9.17) is 16.0 Å². The number of carbonyl (C=O) groups excluding carboxylic acids is 2. The molecule has 0 aliphatic carbocycles. The second-order valence-corrected chi connectivity index (χ2v) is 5.89. The van der Waals surface area contributed by atoms with E-state index < -0.39 is 0 Å². The Morgan fingerprint density at radius 2 is 2.00 bits per heavy atom. The predicted molar refractivity (Wildman–Crippen MR) is 97.0 cm³/mol. The first kappa shape index (κ1) is 17.6. The molecule has 0 spiro atoms. The second kappa shape index (κ2) is 7.79. The zero-order chi connectivity index (χ0) is 18.5. The van der Waals surface area contributed by atoms with Crippen LogP contribution >= 0.6 is 11.6 Å². The van der Waals surface area contributed by atoms with Gasteiger partial charge >= 0.3 is 0 Å². The third kappa shape index (κ3) is 4.67. The van der Waals surface area contributed by atoms with Gasteiger partial charge in [-0.05, 0) is 35.9 Å². The maximum Gasteiger partial charge on any atom is 0.249 e. The average molecular weight is 371 g/mol. The van der Waals surface area contributed by atoms with Gasteiger partial charge in [0.05, 0.1) is 6.20 Å². The molecule has 1 aromatic carbocycles. The number of amides is 1. The molecule has 1 N–H and O–H groups in total. The van der Waals surface area contributed by atoms with Crippen molar-refractivity contribution in [2.45, 2.75) is 13.5 Å². The summed E-state index contributed by atoms with van der Waals surface area (Å²) in [5.74, 6) is 0.669. The molecule has 0 unspecified atom stereocenters. The van der Waals surface area contributed by atoms with Gasteiger partial charge in [0.2, 0.25) is 5.91 Å². The van der Waals surface area contributed by atoms with Gasteiger partial charge in [0.25, 0.3) is 0 Å². The highest BCUT2D eigenvalue weighted by Crippen LogP contribution is 2.12. The van der Waals surface area contributed by atoms with Gasteiger partial charge in [0.15, 0.2) is 17.4 Å². The van der Waals surface area contributed by atoms with Crippen molar-refractivity contribution in [3.8, 4) is 0 Å². The van der Waals surface area contributed by atoms with E-state index in [-0.39, 0.29) is 24.0 Å². The number of halogens is 1. The summed E-state index contributed by atoms with van der Waals surface area (Å²) in [7, 11) is 0. The lowest BCUT2D eigenvalue weighted by Gasteiger charge is -1.97. The first-order valence-electron chi connectivity index (χ1n) is 7.74. The van der Waals surface area contributed by atoms with Crippen LogP contribution in [0.15, 0.2) is 53.1 Å². The number of anilines is 1. The van der Waals surface area contributed by atoms with Crippen LogP contribution in [-0.4, -0.2) is 26.7 Å². The molecule has 3 aromatic rings. The maximum absolute atomic E-state index is 11.9. The van der Waals surface area contributed by atoms with Gasteiger partial charge in [0, 0.05) is 18.0 Å². The Bertz CT molecular complexity index is 957. The highest BCUT2D eigenvalue weighted by molar-refractivity contribution is 6.30. The van der Waals surface area contributed by atoms with Crippen molar-refractivity contribution >= 4 is 35.2 Å². The van der Waals surface area contributed by atoms with Crippen LogP contribution in [-0.2, 0) is 11.3 Å². The molecule has 2 aromatic heterocycles. The van der Waals surface area contributed by atoms with Gasteiger partial charge in [-0.1, -0.05) is 23.7 Å². The largest absolute Gasteiger partial charge is 0.456 e. The van der Waals surface area contributed by atoms with E-state index in [0.29, 0.717) is 16.6 Å². The van der Waals surface area contributed by atoms with Gasteiger partial charge in [-0.15, -0.1) is 5.10 Å². The van der Waals surface area contributed by atoms with E-state index in [0.717, 1.165) is 5.56 Å². The Labute approximate surface area is 154 Å². The number of ketones is 1. The summed E-state index contributed by atoms with van der Waals surface area (Å²) in [6.45, 7) is 1.68. The van der Waals surface area contributed by atoms with Crippen molar-refractivity contribution in [1.82, 2.24) is 15.0 Å². The Hall–Kier alpha value is -3.19. The van der Waals surface area contributed by atoms with Crippen LogP contribution < -0.4 is 5.32 Å². The van der Waals surface area contributed by atoms with Crippen LogP contribution in [0.4, 0.5) is 5.82 Å². The monoisotopic (exact) mass is 370 g/mol. The molecule has 0 bridgehead atoms. The van der Waals surface area contributed by atoms with Crippen molar-refractivity contribution in [3.63, 3.8) is 0 Å². The number of nitrogens with one attached hydrogen (secondary N) is 1. The van der Waals surface area contributed by atoms with Gasteiger partial charge in [-0.25, -0.2) is 0 Å². The molecule has 1 amide bonds. The highest BCUT2D eigenvalue weighted by Gasteiger charge is 2.09. The molecule has 0 radical (unpaired) electrons. The Kier molecular flexibility index (Phi) is 5.28. The molecular formula is C18H15ClN4O3. The standard InChI is InChI=1S/C18H15ClN4O3/c1-12(24)16-8-7-15(26-16)11-23-20-10-17(22-23)21-18(25)9-4-13-2-5-14(19)6-3-13/h2-10H,11H2,1H3,(H,21,22,25). The third-order valence-corrected chi connectivity index (χ3v) is 3.64. The lowest BCUT2D eigenvalue weighted by Crippen LogP contribution is -2.09. The minimum Gasteiger partial charge on any atom is -0.456 e.